The van der Waals surface area contributed by atoms with Crippen LogP contribution in [-0.4, -0.2) is 304 Å². The Kier molecular flexibility index (Phi) is 3010. The van der Waals surface area contributed by atoms with Crippen molar-refractivity contribution < 1.29 is 85.3 Å². The number of ether oxygens (including phenoxy) is 4. The van der Waals surface area contributed by atoms with E-state index in [9.17, 15) is 0 Å². The van der Waals surface area contributed by atoms with Gasteiger partial charge in [-0.1, -0.05) is 27.7 Å². The maximum Gasteiger partial charge on any atom is 0.0636 e. The fraction of sp³-hybridized carbons (Fsp3) is 1.00. The van der Waals surface area contributed by atoms with Gasteiger partial charge in [0.2, 0.25) is 0 Å². The van der Waals surface area contributed by atoms with Gasteiger partial charge in [-0.05, 0) is 91.4 Å². The van der Waals surface area contributed by atoms with Crippen molar-refractivity contribution in [1.29, 1.82) is 0 Å². The molecule has 0 radical (unpaired) electrons. The largest absolute Gasteiger partial charge is 0.400 e. The van der Waals surface area contributed by atoms with Crippen LogP contribution in [0.4, 0.5) is 0 Å². The van der Waals surface area contributed by atoms with E-state index in [0.717, 1.165) is 78.2 Å². The first-order valence-electron chi connectivity index (χ1n) is 19.3. The summed E-state index contributed by atoms with van der Waals surface area (Å²) in [5.74, 6) is 0. The van der Waals surface area contributed by atoms with Crippen molar-refractivity contribution in [1.82, 2.24) is 21.3 Å². The lowest BCUT2D eigenvalue weighted by molar-refractivity contribution is 0.194. The first-order valence-corrected chi connectivity index (χ1v) is 19.3. The molecule has 0 bridgehead atoms. The van der Waals surface area contributed by atoms with Gasteiger partial charge in [-0.25, -0.2) is 0 Å². The Hall–Kier alpha value is -1.04. The number of hydrogen-bond acceptors (Lipinski definition) is 26. The molecule has 448 valence electrons. The van der Waals surface area contributed by atoms with E-state index in [-0.39, 0.29) is 12.2 Å². The molecule has 0 aromatic rings. The Morgan fingerprint density at radius 2 is 0.333 bits per heavy atom. The molecule has 0 aromatic carbocycles. The third-order valence-corrected chi connectivity index (χ3v) is 0.999. The van der Waals surface area contributed by atoms with Crippen LogP contribution in [0, 0.1) is 0 Å². The molecule has 0 heterocycles. The van der Waals surface area contributed by atoms with E-state index >= 15 is 0 Å². The van der Waals surface area contributed by atoms with Gasteiger partial charge in [0, 0.05) is 148 Å². The molecule has 66 heavy (non-hydrogen) atoms. The average molecular weight is 1020 g/mol. The highest BCUT2D eigenvalue weighted by Crippen LogP contribution is 1.70. The van der Waals surface area contributed by atoms with Crippen molar-refractivity contribution in [3.05, 3.63) is 0 Å². The number of nitrogens with one attached hydrogen (secondary N) is 4. The number of rotatable bonds is 4. The molecular weight excluding hydrogens is 878 g/mol. The van der Waals surface area contributed by atoms with Crippen molar-refractivity contribution >= 4 is 0 Å². The van der Waals surface area contributed by atoms with E-state index in [1.165, 1.54) is 35.2 Å². The van der Waals surface area contributed by atoms with E-state index < -0.39 is 0 Å². The van der Waals surface area contributed by atoms with E-state index in [1.54, 1.807) is 70.7 Å². The Labute approximate surface area is 414 Å². The predicted octanol–water partition coefficient (Wildman–Crippen LogP) is -4.48. The van der Waals surface area contributed by atoms with E-state index in [4.69, 9.17) is 66.4 Å². The SMILES string of the molecule is CC.CC.CN.CN.CN.CN.CN.CNC.CNC.CNCC(C)O.CNCC(C)O.CO.CO.CO.CO.CO.CO.CO.CO.CO.CO.CO.COC.COC.COC.COC. The molecule has 0 rings (SSSR count). The summed E-state index contributed by atoms with van der Waals surface area (Å²) in [6.07, 6.45) is -0.426. The summed E-state index contributed by atoms with van der Waals surface area (Å²) in [6, 6.07) is 0. The lowest BCUT2D eigenvalue weighted by Gasteiger charge is -1.97. The van der Waals surface area contributed by atoms with Crippen molar-refractivity contribution in [2.75, 3.05) is 226 Å². The number of aliphatic hydroxyl groups excluding tert-OH is 13. The number of likely N-dealkylation sites (N-methyl/N-ethyl adjacent to an activating group) is 2. The van der Waals surface area contributed by atoms with Gasteiger partial charge in [0.25, 0.3) is 0 Å². The summed E-state index contributed by atoms with van der Waals surface area (Å²) in [4.78, 5) is 0. The minimum Gasteiger partial charge on any atom is -0.400 e. The molecule has 2 atom stereocenters. The van der Waals surface area contributed by atoms with Gasteiger partial charge in [-0.15, -0.1) is 0 Å². The zero-order chi connectivity index (χ0) is 62.2. The van der Waals surface area contributed by atoms with Gasteiger partial charge in [0.1, 0.15) is 0 Å². The zero-order valence-electron chi connectivity index (χ0n) is 50.9. The summed E-state index contributed by atoms with van der Waals surface area (Å²) in [7, 11) is 42.6. The molecule has 0 saturated heterocycles. The first kappa shape index (κ1) is 175. The molecule has 27 N–H and O–H groups in total. The fourth-order valence-corrected chi connectivity index (χ4v) is 0.591. The Morgan fingerprint density at radius 3 is 0.333 bits per heavy atom. The van der Waals surface area contributed by atoms with E-state index in [0.29, 0.717) is 13.1 Å². The lowest BCUT2D eigenvalue weighted by atomic mass is 10.4. The lowest BCUT2D eigenvalue weighted by Crippen LogP contribution is -2.19. The van der Waals surface area contributed by atoms with Crippen LogP contribution in [0.25, 0.3) is 0 Å². The second kappa shape index (κ2) is 1130. The minimum atomic E-state index is -0.213. The minimum absolute atomic E-state index is 0.213. The van der Waals surface area contributed by atoms with Crippen LogP contribution in [0.5, 0.6) is 0 Å². The molecule has 26 heteroatoms. The molecule has 26 nitrogen and oxygen atoms in total. The maximum atomic E-state index is 8.49. The molecule has 0 amide bonds. The van der Waals surface area contributed by atoms with Crippen LogP contribution in [0.2, 0.25) is 0 Å². The summed E-state index contributed by atoms with van der Waals surface area (Å²) in [5, 5.41) is 105. The summed E-state index contributed by atoms with van der Waals surface area (Å²) >= 11 is 0. The molecule has 0 fully saturated rings. The summed E-state index contributed by atoms with van der Waals surface area (Å²) in [5.41, 5.74) is 22.5. The predicted molar refractivity (Wildman–Crippen MR) is 296 cm³/mol. The molecule has 0 aliphatic rings. The van der Waals surface area contributed by atoms with Crippen LogP contribution >= 0.6 is 0 Å². The summed E-state index contributed by atoms with van der Waals surface area (Å²) < 4.78 is 17.0. The number of nitrogens with two attached hydrogens (primary N) is 5. The zero-order valence-corrected chi connectivity index (χ0v) is 50.9. The third-order valence-electron chi connectivity index (χ3n) is 0.999. The van der Waals surface area contributed by atoms with Gasteiger partial charge in [-0.3, -0.25) is 0 Å². The smallest absolute Gasteiger partial charge is 0.0636 e. The molecule has 0 aliphatic carbocycles. The molecule has 0 aliphatic heterocycles. The van der Waals surface area contributed by atoms with Gasteiger partial charge in [-0.2, -0.15) is 0 Å². The standard InChI is InChI=1S/2C4H11NO.2C2H7N.4C2H6O.2C2H6.5CH5N.11CH4O/c2*1-4(6)3-5-2;6*1-3-2;18*1-2/h2*4-6H,3H2,1-2H3;2*3H,1-2H3;4*1-2H3;2*1-2H3;5*2H2,1H3;11*2H,1H3. The van der Waals surface area contributed by atoms with Crippen molar-refractivity contribution in [3.63, 3.8) is 0 Å². The highest BCUT2D eigenvalue weighted by molar-refractivity contribution is 4.45. The highest BCUT2D eigenvalue weighted by Gasteiger charge is 1.86. The quantitative estimate of drug-likeness (QED) is 0.126. The second-order valence-corrected chi connectivity index (χ2v) is 5.45. The van der Waals surface area contributed by atoms with Crippen molar-refractivity contribution in [2.45, 2.75) is 53.8 Å². The number of methoxy groups -OCH3 is 4. The van der Waals surface area contributed by atoms with Crippen LogP contribution in [0.1, 0.15) is 41.5 Å². The molecule has 0 saturated carbocycles. The first-order chi connectivity index (χ1) is 32.0. The Balaban J connectivity index is -0.0000000106. The van der Waals surface area contributed by atoms with Gasteiger partial charge in [0.05, 0.1) is 12.2 Å². The summed E-state index contributed by atoms with van der Waals surface area (Å²) in [6.45, 7) is 12.9. The average Bonchev–Trinajstić information content (AvgIpc) is 3.41. The van der Waals surface area contributed by atoms with Crippen LogP contribution < -0.4 is 49.9 Å². The van der Waals surface area contributed by atoms with E-state index in [1.807, 2.05) is 70.0 Å². The van der Waals surface area contributed by atoms with Crippen molar-refractivity contribution in [2.24, 2.45) is 28.7 Å². The Morgan fingerprint density at radius 1 is 0.288 bits per heavy atom. The molecule has 2 unspecified atom stereocenters. The topological polar surface area (TPSA) is 478 Å². The fourth-order valence-electron chi connectivity index (χ4n) is 0.591. The normalized spacial score (nSPS) is 5.91. The van der Waals surface area contributed by atoms with E-state index in [2.05, 4.69) is 68.9 Å². The molecule has 0 aromatic heterocycles. The van der Waals surface area contributed by atoms with Crippen molar-refractivity contribution in [3.8, 4) is 0 Å². The van der Waals surface area contributed by atoms with Crippen LogP contribution in [-0.2, 0) is 18.9 Å². The number of aliphatic hydroxyl groups is 13. The monoisotopic (exact) mass is 1020 g/mol. The van der Waals surface area contributed by atoms with Gasteiger partial charge in [0.15, 0.2) is 0 Å². The highest BCUT2D eigenvalue weighted by atomic mass is 16.5. The number of hydrogen-bond donors (Lipinski definition) is 22. The maximum absolute atomic E-state index is 8.49. The molecular formula is C40H141N9O17. The van der Waals surface area contributed by atoms with Crippen LogP contribution in [0.15, 0.2) is 0 Å². The Bertz CT molecular complexity index is 187. The van der Waals surface area contributed by atoms with Crippen LogP contribution in [0.3, 0.4) is 0 Å². The van der Waals surface area contributed by atoms with Gasteiger partial charge < -0.3 is 135 Å². The third kappa shape index (κ3) is 9820. The molecule has 0 spiro atoms. The van der Waals surface area contributed by atoms with Gasteiger partial charge >= 0.3 is 0 Å². The second-order valence-electron chi connectivity index (χ2n) is 5.45.